The van der Waals surface area contributed by atoms with E-state index in [1.165, 1.54) is 0 Å². The fourth-order valence-electron chi connectivity index (χ4n) is 5.91. The molecular weight excluding hydrogens is 763 g/mol. The van der Waals surface area contributed by atoms with Crippen molar-refractivity contribution in [2.24, 2.45) is 0 Å². The highest BCUT2D eigenvalue weighted by atomic mass is 16.2. The maximum atomic E-state index is 13.2. The van der Waals surface area contributed by atoms with E-state index >= 15 is 0 Å². The number of hydrogen-bond donors (Lipinski definition) is 2. The number of aromatic nitrogens is 1. The lowest BCUT2D eigenvalue weighted by Gasteiger charge is -2.18. The average Bonchev–Trinajstić information content (AvgIpc) is 3.27. The van der Waals surface area contributed by atoms with Gasteiger partial charge in [0.25, 0.3) is 0 Å². The highest BCUT2D eigenvalue weighted by molar-refractivity contribution is 5.97. The Morgan fingerprint density at radius 2 is 0.839 bits per heavy atom. The number of Topliss-reactive ketones (excluding diaryl/α,β-unsaturated/α-hetero) is 1. The van der Waals surface area contributed by atoms with Crippen LogP contribution in [0.25, 0.3) is 0 Å². The van der Waals surface area contributed by atoms with E-state index in [2.05, 4.69) is 169 Å². The molecule has 0 aliphatic carbocycles. The minimum Gasteiger partial charge on any atom is -0.344 e. The molecule has 1 aromatic heterocycles. The number of nitrogens with one attached hydrogen (secondary N) is 2. The number of anilines is 1. The number of rotatable bonds is 37. The molecule has 0 radical (unpaired) electrons. The smallest absolute Gasteiger partial charge is 0.246 e. The molecule has 0 unspecified atom stereocenters. The number of allylic oxidation sites excluding steroid dienone is 24. The zero-order chi connectivity index (χ0) is 44.7. The molecule has 0 aliphatic rings. The van der Waals surface area contributed by atoms with Gasteiger partial charge in [0.15, 0.2) is 0 Å². The van der Waals surface area contributed by atoms with E-state index in [1.54, 1.807) is 24.5 Å². The Labute approximate surface area is 377 Å². The van der Waals surface area contributed by atoms with E-state index < -0.39 is 6.04 Å². The third kappa shape index (κ3) is 37.6. The van der Waals surface area contributed by atoms with Crippen molar-refractivity contribution in [2.45, 2.75) is 155 Å². The van der Waals surface area contributed by atoms with Gasteiger partial charge in [-0.1, -0.05) is 173 Å². The first-order chi connectivity index (χ1) is 30.6. The molecule has 2 N–H and O–H groups in total. The Kier molecular flexibility index (Phi) is 38.5. The summed E-state index contributed by atoms with van der Waals surface area (Å²) in [5.41, 5.74) is 0.639. The number of carbonyl (C=O) groups excluding carboxylic acids is 3. The van der Waals surface area contributed by atoms with Gasteiger partial charge >= 0.3 is 0 Å². The van der Waals surface area contributed by atoms with Gasteiger partial charge in [0.1, 0.15) is 11.8 Å². The first-order valence-electron chi connectivity index (χ1n) is 23.4. The predicted molar refractivity (Wildman–Crippen MR) is 268 cm³/mol. The average molecular weight is 842 g/mol. The molecule has 2 amide bonds. The molecule has 62 heavy (non-hydrogen) atoms. The summed E-state index contributed by atoms with van der Waals surface area (Å²) in [6.45, 7) is 4.30. The Hall–Kier alpha value is -5.36. The molecule has 0 bridgehead atoms. The fraction of sp³-hybridized carbons (Fsp3) is 0.429. The molecule has 1 aromatic rings. The monoisotopic (exact) mass is 842 g/mol. The number of pyridine rings is 1. The van der Waals surface area contributed by atoms with Gasteiger partial charge in [0, 0.05) is 37.3 Å². The number of nitrogens with zero attached hydrogens (tertiary/aromatic N) is 1. The molecule has 6 nitrogen and oxygen atoms in total. The van der Waals surface area contributed by atoms with Crippen LogP contribution >= 0.6 is 0 Å². The molecule has 1 atom stereocenters. The van der Waals surface area contributed by atoms with Gasteiger partial charge < -0.3 is 10.6 Å². The van der Waals surface area contributed by atoms with Crippen LogP contribution in [0.1, 0.15) is 149 Å². The maximum absolute atomic E-state index is 13.2. The zero-order valence-corrected chi connectivity index (χ0v) is 38.3. The summed E-state index contributed by atoms with van der Waals surface area (Å²) in [6, 6.07) is 2.81. The van der Waals surface area contributed by atoms with Crippen molar-refractivity contribution in [3.8, 4) is 0 Å². The Morgan fingerprint density at radius 3 is 1.24 bits per heavy atom. The van der Waals surface area contributed by atoms with E-state index in [4.69, 9.17) is 0 Å². The normalized spacial score (nSPS) is 13.4. The summed E-state index contributed by atoms with van der Waals surface area (Å²) >= 11 is 0. The molecule has 0 fully saturated rings. The van der Waals surface area contributed by atoms with Crippen molar-refractivity contribution in [3.63, 3.8) is 0 Å². The van der Waals surface area contributed by atoms with Crippen molar-refractivity contribution in [3.05, 3.63) is 170 Å². The van der Waals surface area contributed by atoms with Crippen LogP contribution in [0.15, 0.2) is 170 Å². The molecule has 0 spiro atoms. The second-order valence-electron chi connectivity index (χ2n) is 14.9. The minimum absolute atomic E-state index is 0.149. The summed E-state index contributed by atoms with van der Waals surface area (Å²) in [5, 5.41) is 5.85. The van der Waals surface area contributed by atoms with Gasteiger partial charge in [0.05, 0.1) is 0 Å². The fourth-order valence-corrected chi connectivity index (χ4v) is 5.91. The highest BCUT2D eigenvalue weighted by Crippen LogP contribution is 2.12. The van der Waals surface area contributed by atoms with Crippen molar-refractivity contribution < 1.29 is 14.4 Å². The van der Waals surface area contributed by atoms with Gasteiger partial charge in [-0.05, 0) is 115 Å². The maximum Gasteiger partial charge on any atom is 0.246 e. The van der Waals surface area contributed by atoms with E-state index in [-0.39, 0.29) is 17.6 Å². The van der Waals surface area contributed by atoms with E-state index in [1.807, 2.05) is 6.08 Å². The number of amides is 2. The van der Waals surface area contributed by atoms with Crippen molar-refractivity contribution in [1.82, 2.24) is 10.3 Å². The van der Waals surface area contributed by atoms with E-state index in [0.717, 1.165) is 103 Å². The molecule has 336 valence electrons. The van der Waals surface area contributed by atoms with Crippen LogP contribution in [0, 0.1) is 0 Å². The topological polar surface area (TPSA) is 88.2 Å². The number of ketones is 1. The van der Waals surface area contributed by atoms with E-state index in [9.17, 15) is 14.4 Å². The van der Waals surface area contributed by atoms with Gasteiger partial charge in [-0.25, -0.2) is 0 Å². The lowest BCUT2D eigenvalue weighted by Crippen LogP contribution is -2.43. The van der Waals surface area contributed by atoms with Gasteiger partial charge in [-0.2, -0.15) is 0 Å². The first-order valence-corrected chi connectivity index (χ1v) is 23.4. The lowest BCUT2D eigenvalue weighted by molar-refractivity contribution is -0.126. The summed E-state index contributed by atoms with van der Waals surface area (Å²) in [6.07, 6.45) is 72.5. The lowest BCUT2D eigenvalue weighted by atomic mass is 10.0. The summed E-state index contributed by atoms with van der Waals surface area (Å²) in [4.78, 5) is 42.5. The summed E-state index contributed by atoms with van der Waals surface area (Å²) in [7, 11) is 0. The first kappa shape index (κ1) is 54.7. The number of carbonyl (C=O) groups is 3. The molecular formula is C56H79N3O3. The van der Waals surface area contributed by atoms with Crippen LogP contribution in [0.5, 0.6) is 0 Å². The van der Waals surface area contributed by atoms with Crippen LogP contribution in [0.4, 0.5) is 5.69 Å². The van der Waals surface area contributed by atoms with E-state index in [0.29, 0.717) is 37.8 Å². The standard InChI is InChI=1S/C56H79N3O3/c1-3-5-7-9-11-13-15-17-19-21-23-25-27-29-31-33-35-37-40-44-53(60)45-41-39-42-46-54(56(62)58-52-48-50-57-51-49-52)59-55(61)47-43-38-36-34-32-30-28-26-24-22-20-18-16-14-12-10-8-6-4-2/h5-8,11-14,17-20,23-26,29-32,35-38,48-51,54H,3-4,9-10,15-16,21-22,27-28,33-34,39-47H2,1-2H3,(H,59,61)(H,57,58,62)/b7-5-,8-6-,13-11-,14-12-,19-17-,20-18-,25-23-,26-24-,31-29-,32-30-,37-35-,38-36-/t54-/m0/s1. The summed E-state index contributed by atoms with van der Waals surface area (Å²) in [5.74, 6) is -0.130. The molecule has 0 saturated heterocycles. The Balaban J connectivity index is 2.27. The molecule has 0 aliphatic heterocycles. The van der Waals surface area contributed by atoms with Crippen LogP contribution in [0.2, 0.25) is 0 Å². The number of unbranched alkanes of at least 4 members (excludes halogenated alkanes) is 2. The molecule has 6 heteroatoms. The highest BCUT2D eigenvalue weighted by Gasteiger charge is 2.20. The zero-order valence-electron chi connectivity index (χ0n) is 38.3. The minimum atomic E-state index is -0.648. The second-order valence-corrected chi connectivity index (χ2v) is 14.9. The third-order valence-corrected chi connectivity index (χ3v) is 9.37. The molecule has 1 rings (SSSR count). The predicted octanol–water partition coefficient (Wildman–Crippen LogP) is 15.0. The molecule has 0 aromatic carbocycles. The number of hydrogen-bond acceptors (Lipinski definition) is 4. The van der Waals surface area contributed by atoms with Gasteiger partial charge in [-0.3, -0.25) is 19.4 Å². The van der Waals surface area contributed by atoms with Crippen LogP contribution in [-0.2, 0) is 14.4 Å². The van der Waals surface area contributed by atoms with Crippen molar-refractivity contribution in [2.75, 3.05) is 5.32 Å². The SMILES string of the molecule is CC/C=C\C/C=C\C/C=C\C/C=C\C/C=C\C/C=C\CCC(=O)CCCCC[C@H](NC(=O)CC/C=C\C/C=C\C/C=C\C/C=C\C/C=C\C/C=C\CC)C(=O)Nc1ccncc1. The quantitative estimate of drug-likeness (QED) is 0.0516. The van der Waals surface area contributed by atoms with Gasteiger partial charge in [-0.15, -0.1) is 0 Å². The molecule has 1 heterocycles. The van der Waals surface area contributed by atoms with Crippen LogP contribution in [-0.4, -0.2) is 28.6 Å². The van der Waals surface area contributed by atoms with Gasteiger partial charge in [0.2, 0.25) is 11.8 Å². The second kappa shape index (κ2) is 43.7. The van der Waals surface area contributed by atoms with Crippen molar-refractivity contribution >= 4 is 23.3 Å². The Morgan fingerprint density at radius 1 is 0.468 bits per heavy atom. The largest absolute Gasteiger partial charge is 0.344 e. The summed E-state index contributed by atoms with van der Waals surface area (Å²) < 4.78 is 0. The van der Waals surface area contributed by atoms with Crippen molar-refractivity contribution in [1.29, 1.82) is 0 Å². The third-order valence-electron chi connectivity index (χ3n) is 9.37. The Bertz CT molecular complexity index is 1650. The molecule has 0 saturated carbocycles. The van der Waals surface area contributed by atoms with Crippen LogP contribution < -0.4 is 10.6 Å². The van der Waals surface area contributed by atoms with Crippen LogP contribution in [0.3, 0.4) is 0 Å².